The number of nitrogens with two attached hydrogens (primary N) is 1. The second-order valence-electron chi connectivity index (χ2n) is 8.24. The molecule has 0 radical (unpaired) electrons. The molecule has 2 aromatic heterocycles. The van der Waals surface area contributed by atoms with E-state index >= 15 is 0 Å². The minimum absolute atomic E-state index is 0.00994. The number of nitrogens with one attached hydrogen (secondary N) is 4. The Kier molecular flexibility index (Phi) is 9.42. The molecule has 10 heteroatoms. The number of benzene rings is 2. The molecule has 0 atom stereocenters. The molecule has 196 valence electrons. The van der Waals surface area contributed by atoms with Crippen molar-refractivity contribution < 1.29 is 9.18 Å². The molecule has 0 aliphatic rings. The summed E-state index contributed by atoms with van der Waals surface area (Å²) in [6.07, 6.45) is 5.16. The molecular weight excluding hydrogens is 483 g/mol. The van der Waals surface area contributed by atoms with Crippen LogP contribution in [0.3, 0.4) is 0 Å². The lowest BCUT2D eigenvalue weighted by Crippen LogP contribution is -2.16. The van der Waals surface area contributed by atoms with E-state index in [1.54, 1.807) is 35.9 Å². The van der Waals surface area contributed by atoms with Crippen molar-refractivity contribution in [2.75, 3.05) is 16.4 Å². The second kappa shape index (κ2) is 12.9. The third kappa shape index (κ3) is 6.47. The first-order valence-corrected chi connectivity index (χ1v) is 12.2. The van der Waals surface area contributed by atoms with Crippen molar-refractivity contribution in [2.24, 2.45) is 0 Å². The van der Waals surface area contributed by atoms with Crippen LogP contribution in [0.5, 0.6) is 0 Å². The molecule has 2 heterocycles. The fourth-order valence-electron chi connectivity index (χ4n) is 3.37. The first-order chi connectivity index (χ1) is 18.3. The largest absolute Gasteiger partial charge is 0.398 e. The number of hydrogen-bond donors (Lipinski definition) is 5. The summed E-state index contributed by atoms with van der Waals surface area (Å²) in [5.74, 6) is -0.297. The molecule has 0 aliphatic carbocycles. The van der Waals surface area contributed by atoms with E-state index in [2.05, 4.69) is 34.6 Å². The van der Waals surface area contributed by atoms with Crippen LogP contribution < -0.4 is 16.4 Å². The number of fused-ring (bicyclic) bond motifs is 1. The van der Waals surface area contributed by atoms with Gasteiger partial charge in [0.05, 0.1) is 16.7 Å². The number of carbonyl (C=O) groups excluding carboxylic acids is 1. The van der Waals surface area contributed by atoms with Crippen molar-refractivity contribution in [3.8, 4) is 5.82 Å². The summed E-state index contributed by atoms with van der Waals surface area (Å²) in [5.41, 5.74) is 7.40. The fourth-order valence-corrected chi connectivity index (χ4v) is 3.37. The number of anilines is 4. The zero-order valence-corrected chi connectivity index (χ0v) is 21.5. The third-order valence-corrected chi connectivity index (χ3v) is 5.56. The van der Waals surface area contributed by atoms with Gasteiger partial charge in [0.2, 0.25) is 5.97 Å². The topological polar surface area (TPSA) is 146 Å². The molecule has 2 aromatic carbocycles. The number of aromatic nitrogens is 3. The maximum absolute atomic E-state index is 13.5. The van der Waals surface area contributed by atoms with Crippen LogP contribution >= 0.6 is 0 Å². The summed E-state index contributed by atoms with van der Waals surface area (Å²) in [6, 6.07) is 17.3. The van der Waals surface area contributed by atoms with Gasteiger partial charge in [0, 0.05) is 23.0 Å². The molecule has 0 bridgehead atoms. The minimum atomic E-state index is -1.12. The van der Waals surface area contributed by atoms with Crippen LogP contribution in [-0.4, -0.2) is 32.9 Å². The molecule has 0 spiro atoms. The van der Waals surface area contributed by atoms with Gasteiger partial charge in [-0.05, 0) is 49.4 Å². The van der Waals surface area contributed by atoms with Crippen LogP contribution in [0, 0.1) is 10.8 Å². The summed E-state index contributed by atoms with van der Waals surface area (Å²) in [7, 11) is 0. The number of nitrogen functional groups attached to an aromatic ring is 1. The van der Waals surface area contributed by atoms with Gasteiger partial charge >= 0.3 is 0 Å². The Morgan fingerprint density at radius 1 is 1.11 bits per heavy atom. The summed E-state index contributed by atoms with van der Waals surface area (Å²) in [4.78, 5) is 16.8. The Bertz CT molecular complexity index is 1490. The number of hydrogen-bond acceptors (Lipinski definition) is 7. The van der Waals surface area contributed by atoms with E-state index in [1.807, 2.05) is 24.3 Å². The van der Waals surface area contributed by atoms with Crippen LogP contribution in [0.1, 0.15) is 39.2 Å². The zero-order valence-electron chi connectivity index (χ0n) is 21.5. The first kappa shape index (κ1) is 27.7. The average molecular weight is 515 g/mol. The molecule has 0 fully saturated rings. The van der Waals surface area contributed by atoms with Gasteiger partial charge in [-0.15, -0.1) is 5.10 Å². The molecule has 38 heavy (non-hydrogen) atoms. The standard InChI is InChI=1S/C24H21FN8O.C4H10/c1-2-14(13-26)24(34)31-20-8-5-9-21(30-20)33-19-7-4-3-6-16(19)23(32-33)29-15-10-11-18(27)17(12-15)22(25)28;1-3-4-2/h2-13,26,28H,27H2,1H3,(H,29,32)(H,30,31,34);3-4H2,1-2H3/b14-2+,26-13?,28-22?;. The quantitative estimate of drug-likeness (QED) is 0.105. The lowest BCUT2D eigenvalue weighted by atomic mass is 10.1. The molecule has 4 aromatic rings. The Balaban J connectivity index is 0.000000934. The van der Waals surface area contributed by atoms with Crippen LogP contribution in [0.2, 0.25) is 0 Å². The van der Waals surface area contributed by atoms with E-state index in [-0.39, 0.29) is 16.8 Å². The normalized spacial score (nSPS) is 10.9. The molecule has 0 aliphatic heterocycles. The maximum Gasteiger partial charge on any atom is 0.258 e. The van der Waals surface area contributed by atoms with Gasteiger partial charge in [0.1, 0.15) is 5.82 Å². The van der Waals surface area contributed by atoms with Gasteiger partial charge in [0.25, 0.3) is 5.91 Å². The minimum Gasteiger partial charge on any atom is -0.398 e. The summed E-state index contributed by atoms with van der Waals surface area (Å²) in [6.45, 7) is 6.04. The predicted molar refractivity (Wildman–Crippen MR) is 153 cm³/mol. The number of para-hydroxylation sites is 1. The predicted octanol–water partition coefficient (Wildman–Crippen LogP) is 6.38. The first-order valence-electron chi connectivity index (χ1n) is 12.2. The lowest BCUT2D eigenvalue weighted by Gasteiger charge is -2.08. The van der Waals surface area contributed by atoms with E-state index in [9.17, 15) is 9.18 Å². The number of carbonyl (C=O) groups is 1. The van der Waals surface area contributed by atoms with Gasteiger partial charge < -0.3 is 21.8 Å². The second-order valence-corrected chi connectivity index (χ2v) is 8.24. The summed E-state index contributed by atoms with van der Waals surface area (Å²) in [5, 5.41) is 25.9. The van der Waals surface area contributed by atoms with E-state index in [4.69, 9.17) is 16.6 Å². The number of pyridine rings is 1. The highest BCUT2D eigenvalue weighted by molar-refractivity contribution is 6.16. The molecule has 4 rings (SSSR count). The van der Waals surface area contributed by atoms with Gasteiger partial charge in [0.15, 0.2) is 11.6 Å². The highest BCUT2D eigenvalue weighted by Gasteiger charge is 2.15. The number of unbranched alkanes of at least 4 members (excludes halogenated alkanes) is 1. The molecule has 0 saturated carbocycles. The highest BCUT2D eigenvalue weighted by Crippen LogP contribution is 2.29. The molecule has 9 nitrogen and oxygen atoms in total. The average Bonchev–Trinajstić information content (AvgIpc) is 3.29. The van der Waals surface area contributed by atoms with E-state index in [1.165, 1.54) is 31.1 Å². The van der Waals surface area contributed by atoms with Crippen molar-refractivity contribution >= 4 is 52.0 Å². The molecule has 0 unspecified atom stereocenters. The van der Waals surface area contributed by atoms with Crippen molar-refractivity contribution in [2.45, 2.75) is 33.6 Å². The highest BCUT2D eigenvalue weighted by atomic mass is 19.1. The van der Waals surface area contributed by atoms with Crippen LogP contribution in [0.15, 0.2) is 72.3 Å². The van der Waals surface area contributed by atoms with Gasteiger partial charge in [-0.2, -0.15) is 4.39 Å². The van der Waals surface area contributed by atoms with Crippen molar-refractivity contribution in [3.63, 3.8) is 0 Å². The van der Waals surface area contributed by atoms with Crippen molar-refractivity contribution in [1.29, 1.82) is 10.8 Å². The summed E-state index contributed by atoms with van der Waals surface area (Å²) < 4.78 is 15.1. The van der Waals surface area contributed by atoms with E-state index in [0.717, 1.165) is 17.1 Å². The van der Waals surface area contributed by atoms with Gasteiger partial charge in [-0.25, -0.2) is 9.67 Å². The number of halogens is 1. The maximum atomic E-state index is 13.5. The Hall–Kier alpha value is -4.86. The molecule has 1 amide bonds. The number of nitrogens with zero attached hydrogens (tertiary/aromatic N) is 3. The van der Waals surface area contributed by atoms with Crippen molar-refractivity contribution in [3.05, 3.63) is 77.9 Å². The zero-order chi connectivity index (χ0) is 27.7. The van der Waals surface area contributed by atoms with E-state index < -0.39 is 11.9 Å². The monoisotopic (exact) mass is 514 g/mol. The third-order valence-electron chi connectivity index (χ3n) is 5.56. The smallest absolute Gasteiger partial charge is 0.258 e. The van der Waals surface area contributed by atoms with Crippen LogP contribution in [0.4, 0.5) is 27.4 Å². The fraction of sp³-hybridized carbons (Fsp3) is 0.179. The molecule has 0 saturated heterocycles. The molecular formula is C28H31FN8O. The molecule has 6 N–H and O–H groups in total. The van der Waals surface area contributed by atoms with Crippen LogP contribution in [0.25, 0.3) is 16.7 Å². The summed E-state index contributed by atoms with van der Waals surface area (Å²) >= 11 is 0. The number of allylic oxidation sites excluding steroid dienone is 1. The SMILES string of the molecule is C/C=C(\C=N)C(=O)Nc1cccc(-n2nc(Nc3ccc(N)c(C(=N)F)c3)c3ccccc32)n1.CCCC. The van der Waals surface area contributed by atoms with Crippen LogP contribution in [-0.2, 0) is 4.79 Å². The van der Waals surface area contributed by atoms with Gasteiger partial charge in [-0.3, -0.25) is 10.2 Å². The Morgan fingerprint density at radius 3 is 2.50 bits per heavy atom. The van der Waals surface area contributed by atoms with E-state index in [0.29, 0.717) is 23.1 Å². The Morgan fingerprint density at radius 2 is 1.84 bits per heavy atom. The number of rotatable bonds is 8. The van der Waals surface area contributed by atoms with Gasteiger partial charge in [-0.1, -0.05) is 51.0 Å². The number of amides is 1. The lowest BCUT2D eigenvalue weighted by molar-refractivity contribution is -0.112. The Labute approximate surface area is 220 Å². The van der Waals surface area contributed by atoms with Crippen molar-refractivity contribution in [1.82, 2.24) is 14.8 Å².